The van der Waals surface area contributed by atoms with E-state index in [4.69, 9.17) is 56.2 Å². The summed E-state index contributed by atoms with van der Waals surface area (Å²) < 4.78 is 70.3. The summed E-state index contributed by atoms with van der Waals surface area (Å²) >= 11 is 0. The van der Waals surface area contributed by atoms with Gasteiger partial charge in [-0.05, 0) is 201 Å². The molecule has 648 valence electrons. The van der Waals surface area contributed by atoms with Crippen molar-refractivity contribution in [1.82, 2.24) is 10.6 Å². The Bertz CT molecular complexity index is 4760. The van der Waals surface area contributed by atoms with E-state index in [1.165, 1.54) is 0 Å². The fraction of sp³-hybridized carbons (Fsp3) is 0.340. The molecule has 123 heavy (non-hydrogen) atoms. The summed E-state index contributed by atoms with van der Waals surface area (Å²) in [4.78, 5) is 0. The average molecular weight is 1670 g/mol. The van der Waals surface area contributed by atoms with Gasteiger partial charge in [-0.25, -0.2) is 0 Å². The Morgan fingerprint density at radius 2 is 0.350 bits per heavy atom. The quantitative estimate of drug-likeness (QED) is 0.0176. The highest BCUT2D eigenvalue weighted by Gasteiger charge is 2.30. The summed E-state index contributed by atoms with van der Waals surface area (Å²) in [6.45, 7) is 24.1. The lowest BCUT2D eigenvalue weighted by molar-refractivity contribution is 0.0626. The predicted molar refractivity (Wildman–Crippen MR) is 477 cm³/mol. The minimum Gasteiger partial charge on any atom is -0.491 e. The van der Waals surface area contributed by atoms with Gasteiger partial charge in [-0.15, -0.1) is 0 Å². The number of aliphatic hydroxyl groups is 6. The first-order chi connectivity index (χ1) is 59.1. The molecule has 12 rings (SSSR count). The molecule has 0 saturated carbocycles. The number of aliphatic hydroxyl groups excluding tert-OH is 6. The molecule has 0 bridgehead atoms. The van der Waals surface area contributed by atoms with E-state index >= 15 is 0 Å². The molecule has 0 amide bonds. The molecule has 0 aliphatic carbocycles. The highest BCUT2D eigenvalue weighted by molar-refractivity contribution is 5.48. The van der Waals surface area contributed by atoms with Gasteiger partial charge in [0.25, 0.3) is 0 Å². The second-order valence-electron chi connectivity index (χ2n) is 33.8. The number of hydrogen-bond acceptors (Lipinski definition) is 20. The van der Waals surface area contributed by atoms with Gasteiger partial charge < -0.3 is 97.5 Å². The third-order valence-corrected chi connectivity index (χ3v) is 22.7. The summed E-state index contributed by atoms with van der Waals surface area (Å²) in [6, 6.07) is 86.3. The van der Waals surface area contributed by atoms with Crippen LogP contribution in [0, 0.1) is 0 Å². The van der Waals surface area contributed by atoms with E-state index in [1.54, 1.807) is 12.5 Å². The monoisotopic (exact) mass is 1670 g/mol. The van der Waals surface area contributed by atoms with Crippen LogP contribution in [-0.4, -0.2) is 146 Å². The fourth-order valence-electron chi connectivity index (χ4n) is 14.3. The fourth-order valence-corrected chi connectivity index (χ4v) is 14.3. The molecule has 8 N–H and O–H groups in total. The molecular formula is C103H118N2O18. The van der Waals surface area contributed by atoms with Gasteiger partial charge >= 0.3 is 0 Å². The molecule has 0 saturated heterocycles. The highest BCUT2D eigenvalue weighted by atomic mass is 16.5. The topological polar surface area (TPSA) is 264 Å². The molecule has 10 aromatic carbocycles. The van der Waals surface area contributed by atoms with Gasteiger partial charge in [-0.2, -0.15) is 0 Å². The number of nitrogens with one attached hydrogen (secondary N) is 2. The molecule has 20 heteroatoms. The van der Waals surface area contributed by atoms with Crippen LogP contribution in [-0.2, 0) is 40.2 Å². The van der Waals surface area contributed by atoms with Crippen LogP contribution in [0.15, 0.2) is 288 Å². The molecule has 0 aliphatic heterocycles. The largest absolute Gasteiger partial charge is 0.491 e. The number of ether oxygens (including phenoxy) is 10. The van der Waals surface area contributed by atoms with Crippen LogP contribution in [0.4, 0.5) is 0 Å². The van der Waals surface area contributed by atoms with E-state index in [0.29, 0.717) is 83.7 Å². The Hall–Kier alpha value is -11.6. The van der Waals surface area contributed by atoms with Gasteiger partial charge in [0.05, 0.1) is 25.6 Å². The SMILES string of the molecule is CC(C)(c1ccc(OCC(O)CNCc2ccco2)cc1)c1ccc(OCC(O)COc2ccc(C(C)(C)c3ccc(OCC(O)COc4ccc(C(C)(C)c5ccc(OCC(O)COc6ccc(C(C)(C)c7ccc(OCC(O)COc8ccc(C(C)(C)c9ccc(OCC(O)CNCc%10ccco%10)cc9)cc8)cc7)cc6)cc5)cc4)cc3)cc2)cc1. The normalized spacial score (nSPS) is 13.5. The Morgan fingerprint density at radius 3 is 0.480 bits per heavy atom. The Kier molecular flexibility index (Phi) is 31.3. The molecule has 12 aromatic rings. The highest BCUT2D eigenvalue weighted by Crippen LogP contribution is 2.40. The zero-order valence-corrected chi connectivity index (χ0v) is 72.0. The molecule has 6 unspecified atom stereocenters. The summed E-state index contributed by atoms with van der Waals surface area (Å²) in [5.74, 6) is 8.04. The smallest absolute Gasteiger partial charge is 0.122 e. The first kappa shape index (κ1) is 90.7. The summed E-state index contributed by atoms with van der Waals surface area (Å²) in [5.41, 5.74) is 9.17. The molecule has 2 aromatic heterocycles. The maximum absolute atomic E-state index is 10.9. The van der Waals surface area contributed by atoms with Gasteiger partial charge in [-0.3, -0.25) is 0 Å². The second kappa shape index (κ2) is 42.5. The van der Waals surface area contributed by atoms with Crippen molar-refractivity contribution in [2.24, 2.45) is 0 Å². The van der Waals surface area contributed by atoms with Crippen LogP contribution in [0.25, 0.3) is 0 Å². The first-order valence-corrected chi connectivity index (χ1v) is 42.0. The van der Waals surface area contributed by atoms with Crippen molar-refractivity contribution in [2.45, 2.75) is 146 Å². The third kappa shape index (κ3) is 25.8. The Labute approximate surface area is 722 Å². The first-order valence-electron chi connectivity index (χ1n) is 42.0. The van der Waals surface area contributed by atoms with Gasteiger partial charge in [-0.1, -0.05) is 191 Å². The predicted octanol–water partition coefficient (Wildman–Crippen LogP) is 16.8. The van der Waals surface area contributed by atoms with Crippen LogP contribution < -0.4 is 58.0 Å². The van der Waals surface area contributed by atoms with E-state index in [1.807, 2.05) is 267 Å². The molecule has 20 nitrogen and oxygen atoms in total. The number of furan rings is 2. The van der Waals surface area contributed by atoms with Crippen molar-refractivity contribution in [3.8, 4) is 57.5 Å². The second-order valence-corrected chi connectivity index (χ2v) is 33.8. The van der Waals surface area contributed by atoms with Crippen molar-refractivity contribution in [1.29, 1.82) is 0 Å². The maximum Gasteiger partial charge on any atom is 0.122 e. The molecular weight excluding hydrogens is 1550 g/mol. The third-order valence-electron chi connectivity index (χ3n) is 22.7. The van der Waals surface area contributed by atoms with Crippen LogP contribution in [0.2, 0.25) is 0 Å². The number of hydrogen-bond donors (Lipinski definition) is 8. The van der Waals surface area contributed by atoms with Crippen molar-refractivity contribution in [3.63, 3.8) is 0 Å². The summed E-state index contributed by atoms with van der Waals surface area (Å²) in [6.07, 6.45) is -1.56. The van der Waals surface area contributed by atoms with E-state index in [2.05, 4.69) is 79.9 Å². The van der Waals surface area contributed by atoms with Crippen molar-refractivity contribution < 1.29 is 86.8 Å². The van der Waals surface area contributed by atoms with Crippen molar-refractivity contribution in [2.75, 3.05) is 79.2 Å². The van der Waals surface area contributed by atoms with Gasteiger partial charge in [0.15, 0.2) is 0 Å². The lowest BCUT2D eigenvalue weighted by Crippen LogP contribution is -2.31. The average Bonchev–Trinajstić information content (AvgIpc) is 1.53. The molecule has 0 radical (unpaired) electrons. The molecule has 0 spiro atoms. The van der Waals surface area contributed by atoms with Gasteiger partial charge in [0, 0.05) is 40.2 Å². The van der Waals surface area contributed by atoms with Gasteiger partial charge in [0.2, 0.25) is 0 Å². The van der Waals surface area contributed by atoms with Crippen molar-refractivity contribution >= 4 is 0 Å². The van der Waals surface area contributed by atoms with Crippen molar-refractivity contribution in [3.05, 3.63) is 347 Å². The maximum atomic E-state index is 10.9. The molecule has 6 atom stereocenters. The Balaban J connectivity index is 0.496. The van der Waals surface area contributed by atoms with Gasteiger partial charge in [0.1, 0.15) is 172 Å². The van der Waals surface area contributed by atoms with E-state index < -0.39 is 36.6 Å². The van der Waals surface area contributed by atoms with Crippen LogP contribution >= 0.6 is 0 Å². The van der Waals surface area contributed by atoms with Crippen LogP contribution in [0.5, 0.6) is 57.5 Å². The van der Waals surface area contributed by atoms with E-state index in [-0.39, 0.29) is 93.1 Å². The lowest BCUT2D eigenvalue weighted by atomic mass is 9.78. The summed E-state index contributed by atoms with van der Waals surface area (Å²) in [7, 11) is 0. The van der Waals surface area contributed by atoms with Crippen LogP contribution in [0.1, 0.15) is 136 Å². The van der Waals surface area contributed by atoms with E-state index in [9.17, 15) is 30.6 Å². The zero-order valence-electron chi connectivity index (χ0n) is 72.0. The molecule has 0 aliphatic rings. The summed E-state index contributed by atoms with van der Waals surface area (Å²) in [5, 5.41) is 70.6. The van der Waals surface area contributed by atoms with E-state index in [0.717, 1.165) is 67.2 Å². The number of rotatable bonds is 48. The standard InChI is InChI=1S/C103H118N2O18/c1-99(2,71-15-35-87(36-16-71)114-61-81(106)57-104-59-97-13-11-55-112-97)73-19-39-89(40-20-73)116-63-83(108)65-118-91-43-23-75(24-44-91)101(5,6)77-27-47-93(48-28-77)120-67-85(110)69-122-95-51-31-79(32-52-95)103(9,10)80-33-53-96(54-34-80)123-70-86(111)68-121-94-49-29-78(30-50-94)102(7,8)76-25-45-92(46-26-76)119-66-84(109)64-117-90-41-21-74(22-42-90)100(3,4)72-17-37-88(38-18-72)115-62-82(107)58-105-60-98-14-12-56-113-98/h11-56,81-86,104-111H,57-70H2,1-10H3. The lowest BCUT2D eigenvalue weighted by Gasteiger charge is -2.27. The van der Waals surface area contributed by atoms with Crippen LogP contribution in [0.3, 0.4) is 0 Å². The minimum absolute atomic E-state index is 0.0453. The minimum atomic E-state index is -0.877. The zero-order chi connectivity index (χ0) is 87.0. The number of benzene rings is 10. The Morgan fingerprint density at radius 1 is 0.211 bits per heavy atom. The molecule has 2 heterocycles. The molecule has 0 fully saturated rings.